The summed E-state index contributed by atoms with van der Waals surface area (Å²) in [5, 5.41) is 18.4. The monoisotopic (exact) mass is 334 g/mol. The van der Waals surface area contributed by atoms with Crippen LogP contribution in [0.25, 0.3) is 5.57 Å². The van der Waals surface area contributed by atoms with E-state index in [1.54, 1.807) is 55.5 Å². The maximum Gasteiger partial charge on any atom is 0.337 e. The fourth-order valence-electron chi connectivity index (χ4n) is 2.25. The average Bonchev–Trinajstić information content (AvgIpc) is 2.65. The molecule has 0 saturated carbocycles. The first-order valence-electron chi connectivity index (χ1n) is 7.48. The van der Waals surface area contributed by atoms with Gasteiger partial charge in [-0.2, -0.15) is 5.26 Å². The van der Waals surface area contributed by atoms with Crippen LogP contribution in [0.3, 0.4) is 0 Å². The molecule has 0 heterocycles. The number of hydrogen-bond acceptors (Lipinski definition) is 4. The van der Waals surface area contributed by atoms with Crippen molar-refractivity contribution in [1.82, 2.24) is 0 Å². The molecule has 1 N–H and O–H groups in total. The molecule has 2 aromatic rings. The van der Waals surface area contributed by atoms with Crippen molar-refractivity contribution in [2.75, 3.05) is 19.1 Å². The molecule has 25 heavy (non-hydrogen) atoms. The van der Waals surface area contributed by atoms with Crippen LogP contribution in [0.4, 0.5) is 5.69 Å². The van der Waals surface area contributed by atoms with Crippen LogP contribution >= 0.6 is 0 Å². The summed E-state index contributed by atoms with van der Waals surface area (Å²) in [6, 6.07) is 15.9. The molecule has 0 saturated heterocycles. The third kappa shape index (κ3) is 4.27. The number of benzene rings is 2. The molecule has 0 aliphatic carbocycles. The Balaban J connectivity index is 2.31. The van der Waals surface area contributed by atoms with E-state index in [2.05, 4.69) is 6.58 Å². The molecule has 0 bridgehead atoms. The molecule has 0 aromatic heterocycles. The van der Waals surface area contributed by atoms with Gasteiger partial charge in [0.25, 0.3) is 0 Å². The van der Waals surface area contributed by atoms with Crippen molar-refractivity contribution < 1.29 is 14.6 Å². The zero-order valence-corrected chi connectivity index (χ0v) is 14.1. The quantitative estimate of drug-likeness (QED) is 0.644. The van der Waals surface area contributed by atoms with Crippen LogP contribution in [0.2, 0.25) is 0 Å². The Bertz CT molecular complexity index is 844. The van der Waals surface area contributed by atoms with Gasteiger partial charge in [0.15, 0.2) is 0 Å². The minimum atomic E-state index is -1.07. The number of hydrogen-bond donors (Lipinski definition) is 1. The molecule has 5 nitrogen and oxygen atoms in total. The molecule has 0 fully saturated rings. The maximum atomic E-state index is 11.7. The number of nitriles is 1. The van der Waals surface area contributed by atoms with Crippen molar-refractivity contribution in [3.63, 3.8) is 0 Å². The molecule has 5 heteroatoms. The van der Waals surface area contributed by atoms with Crippen molar-refractivity contribution in [3.05, 3.63) is 78.0 Å². The average molecular weight is 334 g/mol. The van der Waals surface area contributed by atoms with Gasteiger partial charge in [-0.15, -0.1) is 0 Å². The molecule has 2 rings (SSSR count). The SMILES string of the molecule is C=C(/C(=C\N(C)c1ccc(OC)cc1)C(=O)O)c1ccc(C#N)cc1. The van der Waals surface area contributed by atoms with Crippen LogP contribution in [0.15, 0.2) is 66.9 Å². The number of nitrogens with zero attached hydrogens (tertiary/aromatic N) is 2. The van der Waals surface area contributed by atoms with Crippen molar-refractivity contribution in [2.24, 2.45) is 0 Å². The number of methoxy groups -OCH3 is 1. The second-order valence-corrected chi connectivity index (χ2v) is 5.32. The number of carboxylic acid groups (broad SMARTS) is 1. The van der Waals surface area contributed by atoms with Crippen molar-refractivity contribution in [3.8, 4) is 11.8 Å². The fourth-order valence-corrected chi connectivity index (χ4v) is 2.25. The molecule has 0 atom stereocenters. The topological polar surface area (TPSA) is 73.6 Å². The van der Waals surface area contributed by atoms with E-state index in [1.165, 1.54) is 6.20 Å². The third-order valence-corrected chi connectivity index (χ3v) is 3.72. The van der Waals surface area contributed by atoms with E-state index in [9.17, 15) is 9.90 Å². The lowest BCUT2D eigenvalue weighted by atomic mass is 9.99. The smallest absolute Gasteiger partial charge is 0.337 e. The predicted molar refractivity (Wildman–Crippen MR) is 97.3 cm³/mol. The van der Waals surface area contributed by atoms with E-state index < -0.39 is 5.97 Å². The summed E-state index contributed by atoms with van der Waals surface area (Å²) in [4.78, 5) is 13.4. The molecule has 0 aliphatic heterocycles. The van der Waals surface area contributed by atoms with E-state index in [0.29, 0.717) is 16.7 Å². The van der Waals surface area contributed by atoms with Gasteiger partial charge in [0.1, 0.15) is 5.75 Å². The lowest BCUT2D eigenvalue weighted by Crippen LogP contribution is -2.13. The van der Waals surface area contributed by atoms with Crippen LogP contribution in [-0.2, 0) is 4.79 Å². The Morgan fingerprint density at radius 3 is 2.28 bits per heavy atom. The highest BCUT2D eigenvalue weighted by molar-refractivity contribution is 6.05. The summed E-state index contributed by atoms with van der Waals surface area (Å²) in [6.45, 7) is 3.90. The maximum absolute atomic E-state index is 11.7. The zero-order valence-electron chi connectivity index (χ0n) is 14.1. The van der Waals surface area contributed by atoms with E-state index in [-0.39, 0.29) is 5.57 Å². The molecule has 126 valence electrons. The van der Waals surface area contributed by atoms with Gasteiger partial charge in [-0.1, -0.05) is 18.7 Å². The molecular weight excluding hydrogens is 316 g/mol. The van der Waals surface area contributed by atoms with E-state index in [1.807, 2.05) is 18.2 Å². The van der Waals surface area contributed by atoms with Gasteiger partial charge < -0.3 is 14.7 Å². The Morgan fingerprint density at radius 1 is 1.20 bits per heavy atom. The van der Waals surface area contributed by atoms with Gasteiger partial charge >= 0.3 is 5.97 Å². The number of carboxylic acids is 1. The van der Waals surface area contributed by atoms with Gasteiger partial charge in [-0.3, -0.25) is 0 Å². The molecule has 0 unspecified atom stereocenters. The van der Waals surface area contributed by atoms with Gasteiger partial charge in [0.2, 0.25) is 0 Å². The first-order chi connectivity index (χ1) is 12.0. The highest BCUT2D eigenvalue weighted by Crippen LogP contribution is 2.24. The number of carbonyl (C=O) groups is 1. The highest BCUT2D eigenvalue weighted by atomic mass is 16.5. The van der Waals surface area contributed by atoms with Crippen LogP contribution in [0, 0.1) is 11.3 Å². The Labute approximate surface area is 146 Å². The van der Waals surface area contributed by atoms with Crippen molar-refractivity contribution in [1.29, 1.82) is 5.26 Å². The van der Waals surface area contributed by atoms with Gasteiger partial charge in [0, 0.05) is 18.9 Å². The lowest BCUT2D eigenvalue weighted by Gasteiger charge is -2.17. The second kappa shape index (κ2) is 7.84. The molecule has 0 radical (unpaired) electrons. The largest absolute Gasteiger partial charge is 0.497 e. The van der Waals surface area contributed by atoms with Crippen LogP contribution < -0.4 is 9.64 Å². The van der Waals surface area contributed by atoms with Gasteiger partial charge in [-0.05, 0) is 47.5 Å². The van der Waals surface area contributed by atoms with E-state index in [0.717, 1.165) is 11.4 Å². The Kier molecular flexibility index (Phi) is 5.59. The number of ether oxygens (including phenoxy) is 1. The van der Waals surface area contributed by atoms with Crippen LogP contribution in [0.1, 0.15) is 11.1 Å². The number of anilines is 1. The summed E-state index contributed by atoms with van der Waals surface area (Å²) in [6.07, 6.45) is 1.52. The molecule has 0 amide bonds. The summed E-state index contributed by atoms with van der Waals surface area (Å²) < 4.78 is 5.12. The summed E-state index contributed by atoms with van der Waals surface area (Å²) >= 11 is 0. The first-order valence-corrected chi connectivity index (χ1v) is 7.48. The van der Waals surface area contributed by atoms with Gasteiger partial charge in [0.05, 0.1) is 24.3 Å². The Morgan fingerprint density at radius 2 is 1.80 bits per heavy atom. The highest BCUT2D eigenvalue weighted by Gasteiger charge is 2.15. The second-order valence-electron chi connectivity index (χ2n) is 5.32. The summed E-state index contributed by atoms with van der Waals surface area (Å²) in [5.41, 5.74) is 2.41. The molecule has 0 spiro atoms. The Hall–Kier alpha value is -3.52. The van der Waals surface area contributed by atoms with Crippen LogP contribution in [-0.4, -0.2) is 25.2 Å². The molecule has 0 aliphatic rings. The first kappa shape index (κ1) is 17.8. The third-order valence-electron chi connectivity index (χ3n) is 3.72. The van der Waals surface area contributed by atoms with Crippen LogP contribution in [0.5, 0.6) is 5.75 Å². The fraction of sp³-hybridized carbons (Fsp3) is 0.100. The van der Waals surface area contributed by atoms with Crippen molar-refractivity contribution >= 4 is 17.2 Å². The predicted octanol–water partition coefficient (Wildman–Crippen LogP) is 3.68. The standard InChI is InChI=1S/C20H18N2O3/c1-14(16-6-4-15(12-21)5-7-16)19(20(23)24)13-22(2)17-8-10-18(25-3)11-9-17/h4-11,13H,1H2,2-3H3,(H,23,24)/b19-13+. The van der Waals surface area contributed by atoms with Gasteiger partial charge in [-0.25, -0.2) is 4.79 Å². The minimum Gasteiger partial charge on any atom is -0.497 e. The molecular formula is C20H18N2O3. The minimum absolute atomic E-state index is 0.0722. The summed E-state index contributed by atoms with van der Waals surface area (Å²) in [5.74, 6) is -0.351. The number of aliphatic carboxylic acids is 1. The van der Waals surface area contributed by atoms with E-state index >= 15 is 0 Å². The summed E-state index contributed by atoms with van der Waals surface area (Å²) in [7, 11) is 3.35. The normalized spacial score (nSPS) is 10.7. The zero-order chi connectivity index (χ0) is 18.4. The molecule has 2 aromatic carbocycles. The number of rotatable bonds is 6. The van der Waals surface area contributed by atoms with E-state index in [4.69, 9.17) is 10.00 Å². The van der Waals surface area contributed by atoms with Crippen molar-refractivity contribution in [2.45, 2.75) is 0 Å². The lowest BCUT2D eigenvalue weighted by molar-refractivity contribution is -0.132.